The quantitative estimate of drug-likeness (QED) is 0.845. The lowest BCUT2D eigenvalue weighted by Crippen LogP contribution is -2.29. The molecule has 3 rings (SSSR count). The van der Waals surface area contributed by atoms with E-state index in [2.05, 4.69) is 5.32 Å². The molecule has 1 saturated heterocycles. The number of hydrogen-bond acceptors (Lipinski definition) is 3. The molecule has 0 spiro atoms. The van der Waals surface area contributed by atoms with Gasteiger partial charge in [-0.1, -0.05) is 29.8 Å². The molecule has 1 heterocycles. The Morgan fingerprint density at radius 2 is 1.77 bits per heavy atom. The van der Waals surface area contributed by atoms with E-state index in [4.69, 9.17) is 11.6 Å². The van der Waals surface area contributed by atoms with Gasteiger partial charge in [-0.25, -0.2) is 8.42 Å². The molecule has 0 aromatic heterocycles. The highest BCUT2D eigenvalue weighted by molar-refractivity contribution is 7.89. The number of nitrogens with one attached hydrogen (secondary N) is 1. The number of carbonyl (C=O) groups is 1. The van der Waals surface area contributed by atoms with E-state index < -0.39 is 10.0 Å². The molecule has 0 saturated carbocycles. The second-order valence-electron chi connectivity index (χ2n) is 6.39. The Morgan fingerprint density at radius 1 is 1.12 bits per heavy atom. The number of carbonyl (C=O) groups excluding carboxylic acids is 1. The second-order valence-corrected chi connectivity index (χ2v) is 8.76. The summed E-state index contributed by atoms with van der Waals surface area (Å²) in [6.45, 7) is 2.94. The lowest BCUT2D eigenvalue weighted by molar-refractivity contribution is 0.0939. The molecule has 7 heteroatoms. The topological polar surface area (TPSA) is 66.5 Å². The van der Waals surface area contributed by atoms with Crippen LogP contribution in [0.4, 0.5) is 0 Å². The maximum absolute atomic E-state index is 12.7. The predicted molar refractivity (Wildman–Crippen MR) is 102 cm³/mol. The van der Waals surface area contributed by atoms with E-state index in [9.17, 15) is 13.2 Å². The summed E-state index contributed by atoms with van der Waals surface area (Å²) in [5.74, 6) is -0.314. The number of rotatable bonds is 5. The van der Waals surface area contributed by atoms with E-state index in [0.717, 1.165) is 18.4 Å². The molecule has 1 fully saturated rings. The minimum Gasteiger partial charge on any atom is -0.346 e. The zero-order valence-corrected chi connectivity index (χ0v) is 16.1. The normalized spacial score (nSPS) is 16.4. The smallest absolute Gasteiger partial charge is 0.251 e. The molecule has 1 N–H and O–H groups in total. The maximum atomic E-state index is 12.7. The number of sulfonamides is 1. The summed E-state index contributed by atoms with van der Waals surface area (Å²) in [6.07, 6.45) is 1.75. The molecule has 26 heavy (non-hydrogen) atoms. The third kappa shape index (κ3) is 4.09. The minimum absolute atomic E-state index is 0.159. The molecule has 0 radical (unpaired) electrons. The maximum Gasteiger partial charge on any atom is 0.251 e. The van der Waals surface area contributed by atoms with Crippen molar-refractivity contribution in [2.24, 2.45) is 0 Å². The van der Waals surface area contributed by atoms with Gasteiger partial charge in [0, 0.05) is 23.7 Å². The van der Waals surface area contributed by atoms with Gasteiger partial charge >= 0.3 is 0 Å². The highest BCUT2D eigenvalue weighted by Crippen LogP contribution is 2.22. The van der Waals surface area contributed by atoms with E-state index in [1.54, 1.807) is 24.3 Å². The molecule has 2 aromatic carbocycles. The van der Waals surface area contributed by atoms with E-state index in [-0.39, 0.29) is 16.8 Å². The molecular weight excluding hydrogens is 372 g/mol. The summed E-state index contributed by atoms with van der Waals surface area (Å²) in [7, 11) is -3.54. The van der Waals surface area contributed by atoms with Gasteiger partial charge in [0.2, 0.25) is 10.0 Å². The molecule has 1 aliphatic rings. The summed E-state index contributed by atoms with van der Waals surface area (Å²) < 4.78 is 26.8. The van der Waals surface area contributed by atoms with Crippen molar-refractivity contribution in [3.8, 4) is 0 Å². The second kappa shape index (κ2) is 7.78. The highest BCUT2D eigenvalue weighted by Gasteiger charge is 2.27. The Balaban J connectivity index is 1.77. The van der Waals surface area contributed by atoms with Crippen LogP contribution in [0.1, 0.15) is 41.7 Å². The summed E-state index contributed by atoms with van der Waals surface area (Å²) in [4.78, 5) is 12.7. The van der Waals surface area contributed by atoms with Crippen molar-refractivity contribution in [3.63, 3.8) is 0 Å². The summed E-state index contributed by atoms with van der Waals surface area (Å²) in [5, 5.41) is 3.52. The van der Waals surface area contributed by atoms with Gasteiger partial charge in [-0.15, -0.1) is 0 Å². The van der Waals surface area contributed by atoms with Gasteiger partial charge in [0.05, 0.1) is 10.9 Å². The fraction of sp³-hybridized carbons (Fsp3) is 0.316. The first-order chi connectivity index (χ1) is 12.4. The van der Waals surface area contributed by atoms with Gasteiger partial charge in [-0.3, -0.25) is 4.79 Å². The largest absolute Gasteiger partial charge is 0.346 e. The third-order valence-corrected chi connectivity index (χ3v) is 6.66. The number of hydrogen-bond donors (Lipinski definition) is 1. The summed E-state index contributed by atoms with van der Waals surface area (Å²) >= 11 is 5.88. The Bertz CT molecular complexity index is 891. The van der Waals surface area contributed by atoms with Crippen molar-refractivity contribution in [1.29, 1.82) is 0 Å². The molecule has 1 aliphatic heterocycles. The highest BCUT2D eigenvalue weighted by atomic mass is 35.5. The zero-order chi connectivity index (χ0) is 18.7. The van der Waals surface area contributed by atoms with Crippen molar-refractivity contribution in [2.45, 2.75) is 30.7 Å². The first kappa shape index (κ1) is 18.9. The van der Waals surface area contributed by atoms with Crippen LogP contribution in [0, 0.1) is 0 Å². The van der Waals surface area contributed by atoms with Crippen LogP contribution >= 0.6 is 11.6 Å². The van der Waals surface area contributed by atoms with Crippen molar-refractivity contribution in [3.05, 3.63) is 64.7 Å². The fourth-order valence-electron chi connectivity index (χ4n) is 2.99. The Labute approximate surface area is 159 Å². The van der Waals surface area contributed by atoms with Crippen LogP contribution in [-0.2, 0) is 10.0 Å². The average molecular weight is 393 g/mol. The molecule has 138 valence electrons. The van der Waals surface area contributed by atoms with Crippen LogP contribution in [-0.4, -0.2) is 31.7 Å². The number of nitrogens with zero attached hydrogens (tertiary/aromatic N) is 1. The van der Waals surface area contributed by atoms with E-state index in [0.29, 0.717) is 23.7 Å². The monoisotopic (exact) mass is 392 g/mol. The molecular formula is C19H21ClN2O3S. The van der Waals surface area contributed by atoms with Gasteiger partial charge < -0.3 is 5.32 Å². The predicted octanol–water partition coefficient (Wildman–Crippen LogP) is 3.62. The molecule has 0 bridgehead atoms. The van der Waals surface area contributed by atoms with Crippen LogP contribution in [0.15, 0.2) is 53.4 Å². The molecule has 2 aromatic rings. The average Bonchev–Trinajstić information content (AvgIpc) is 3.18. The molecule has 1 atom stereocenters. The van der Waals surface area contributed by atoms with Gasteiger partial charge in [-0.05, 0) is 55.7 Å². The number of amides is 1. The fourth-order valence-corrected chi connectivity index (χ4v) is 4.68. The van der Waals surface area contributed by atoms with Crippen LogP contribution in [0.5, 0.6) is 0 Å². The van der Waals surface area contributed by atoms with Crippen LogP contribution < -0.4 is 5.32 Å². The van der Waals surface area contributed by atoms with E-state index in [1.807, 2.05) is 19.1 Å². The van der Waals surface area contributed by atoms with E-state index >= 15 is 0 Å². The summed E-state index contributed by atoms with van der Waals surface area (Å²) in [6, 6.07) is 13.2. The van der Waals surface area contributed by atoms with Crippen LogP contribution in [0.3, 0.4) is 0 Å². The van der Waals surface area contributed by atoms with Gasteiger partial charge in [0.1, 0.15) is 0 Å². The van der Waals surface area contributed by atoms with Crippen molar-refractivity contribution in [1.82, 2.24) is 9.62 Å². The Morgan fingerprint density at radius 3 is 2.42 bits per heavy atom. The van der Waals surface area contributed by atoms with Crippen LogP contribution in [0.2, 0.25) is 5.02 Å². The Hall–Kier alpha value is -1.89. The number of benzene rings is 2. The molecule has 1 amide bonds. The first-order valence-corrected chi connectivity index (χ1v) is 10.4. The summed E-state index contributed by atoms with van der Waals surface area (Å²) in [5.41, 5.74) is 1.25. The van der Waals surface area contributed by atoms with Crippen molar-refractivity contribution >= 4 is 27.5 Å². The lowest BCUT2D eigenvalue weighted by atomic mass is 10.1. The third-order valence-electron chi connectivity index (χ3n) is 4.52. The molecule has 0 aliphatic carbocycles. The number of halogens is 1. The molecule has 5 nitrogen and oxygen atoms in total. The minimum atomic E-state index is -3.54. The van der Waals surface area contributed by atoms with Gasteiger partial charge in [-0.2, -0.15) is 4.31 Å². The van der Waals surface area contributed by atoms with Gasteiger partial charge in [0.25, 0.3) is 5.91 Å². The van der Waals surface area contributed by atoms with Crippen molar-refractivity contribution < 1.29 is 13.2 Å². The van der Waals surface area contributed by atoms with E-state index in [1.165, 1.54) is 16.4 Å². The van der Waals surface area contributed by atoms with Crippen LogP contribution in [0.25, 0.3) is 0 Å². The van der Waals surface area contributed by atoms with Crippen molar-refractivity contribution in [2.75, 3.05) is 13.1 Å². The standard InChI is InChI=1S/C19H21ClN2O3S/c1-14(15-7-9-17(20)10-8-15)21-19(23)16-5-4-6-18(13-16)26(24,25)22-11-2-3-12-22/h4-10,13-14H,2-3,11-12H2,1H3,(H,21,23). The molecule has 1 unspecified atom stereocenters. The lowest BCUT2D eigenvalue weighted by Gasteiger charge is -2.17. The Kier molecular flexibility index (Phi) is 5.65. The SMILES string of the molecule is CC(NC(=O)c1cccc(S(=O)(=O)N2CCCC2)c1)c1ccc(Cl)cc1. The van der Waals surface area contributed by atoms with Gasteiger partial charge in [0.15, 0.2) is 0 Å². The first-order valence-electron chi connectivity index (χ1n) is 8.54. The zero-order valence-electron chi connectivity index (χ0n) is 14.5.